The average molecular weight is 232 g/mol. The van der Waals surface area contributed by atoms with Gasteiger partial charge in [-0.25, -0.2) is 0 Å². The maximum Gasteiger partial charge on any atom is 0.279 e. The Bertz CT molecular complexity index is 110. The molecule has 0 bridgehead atoms. The lowest BCUT2D eigenvalue weighted by Crippen LogP contribution is -2.12. The van der Waals surface area contributed by atoms with Gasteiger partial charge in [0.1, 0.15) is 0 Å². The highest BCUT2D eigenvalue weighted by molar-refractivity contribution is 9.10. The summed E-state index contributed by atoms with van der Waals surface area (Å²) in [6.45, 7) is 3.97. The molecule has 0 unspecified atom stereocenters. The molecule has 0 aromatic heterocycles. The van der Waals surface area contributed by atoms with E-state index in [1.807, 2.05) is 13.8 Å². The molecular formula is C5H8BrClOS. The molecule has 1 nitrogen and oxygen atoms in total. The molecule has 0 spiro atoms. The van der Waals surface area contributed by atoms with E-state index in [9.17, 15) is 4.79 Å². The van der Waals surface area contributed by atoms with Gasteiger partial charge in [-0.3, -0.25) is 4.79 Å². The summed E-state index contributed by atoms with van der Waals surface area (Å²) >= 11 is 9.58. The van der Waals surface area contributed by atoms with Gasteiger partial charge in [-0.05, 0) is 25.4 Å². The maximum atomic E-state index is 10.2. The third kappa shape index (κ3) is 8.79. The minimum absolute atomic E-state index is 0.00220. The molecule has 0 saturated carbocycles. The zero-order chi connectivity index (χ0) is 7.49. The molecule has 0 saturated heterocycles. The summed E-state index contributed by atoms with van der Waals surface area (Å²) in [4.78, 5) is 10.2. The number of halogens is 2. The van der Waals surface area contributed by atoms with Crippen molar-refractivity contribution in [3.05, 3.63) is 0 Å². The normalized spacial score (nSPS) is 11.6. The van der Waals surface area contributed by atoms with Crippen molar-refractivity contribution in [2.24, 2.45) is 0 Å². The summed E-state index contributed by atoms with van der Waals surface area (Å²) in [7, 11) is 0. The molecule has 0 aliphatic carbocycles. The SMILES string of the molecule is CC(C)(Br)CSC(=O)Cl. The fourth-order valence-corrected chi connectivity index (χ4v) is 1.19. The third-order valence-corrected chi connectivity index (χ3v) is 2.60. The van der Waals surface area contributed by atoms with E-state index in [0.717, 1.165) is 11.8 Å². The minimum atomic E-state index is -0.345. The molecule has 54 valence electrons. The van der Waals surface area contributed by atoms with Crippen LogP contribution in [0.1, 0.15) is 13.8 Å². The van der Waals surface area contributed by atoms with Crippen LogP contribution in [-0.2, 0) is 0 Å². The van der Waals surface area contributed by atoms with Gasteiger partial charge in [-0.15, -0.1) is 0 Å². The molecule has 0 aromatic carbocycles. The van der Waals surface area contributed by atoms with Crippen molar-refractivity contribution in [3.8, 4) is 0 Å². The van der Waals surface area contributed by atoms with Gasteiger partial charge < -0.3 is 0 Å². The highest BCUT2D eigenvalue weighted by Gasteiger charge is 2.13. The summed E-state index contributed by atoms with van der Waals surface area (Å²) in [5, 5.41) is 0. The lowest BCUT2D eigenvalue weighted by Gasteiger charge is -2.12. The molecule has 0 rings (SSSR count). The summed E-state index contributed by atoms with van der Waals surface area (Å²) in [5.74, 6) is 0.704. The highest BCUT2D eigenvalue weighted by Crippen LogP contribution is 2.23. The van der Waals surface area contributed by atoms with Crippen LogP contribution in [0.15, 0.2) is 0 Å². The summed E-state index contributed by atoms with van der Waals surface area (Å²) in [6.07, 6.45) is 0. The van der Waals surface area contributed by atoms with Crippen LogP contribution in [0.25, 0.3) is 0 Å². The number of rotatable bonds is 2. The Labute approximate surface area is 72.7 Å². The van der Waals surface area contributed by atoms with Crippen molar-refractivity contribution < 1.29 is 4.79 Å². The van der Waals surface area contributed by atoms with Crippen molar-refractivity contribution in [3.63, 3.8) is 0 Å². The molecule has 0 amide bonds. The first-order valence-corrected chi connectivity index (χ1v) is 4.59. The monoisotopic (exact) mass is 230 g/mol. The van der Waals surface area contributed by atoms with E-state index in [0.29, 0.717) is 5.75 Å². The Balaban J connectivity index is 3.39. The van der Waals surface area contributed by atoms with Gasteiger partial charge in [0.2, 0.25) is 0 Å². The van der Waals surface area contributed by atoms with Gasteiger partial charge in [-0.1, -0.05) is 27.7 Å². The molecule has 9 heavy (non-hydrogen) atoms. The van der Waals surface area contributed by atoms with Crippen LogP contribution in [-0.4, -0.2) is 14.7 Å². The van der Waals surface area contributed by atoms with E-state index >= 15 is 0 Å². The molecule has 0 atom stereocenters. The van der Waals surface area contributed by atoms with E-state index in [1.54, 1.807) is 0 Å². The van der Waals surface area contributed by atoms with Gasteiger partial charge in [0.05, 0.1) is 0 Å². The predicted octanol–water partition coefficient (Wildman–Crippen LogP) is 3.25. The summed E-state index contributed by atoms with van der Waals surface area (Å²) in [6, 6.07) is 0. The van der Waals surface area contributed by atoms with Gasteiger partial charge in [0.15, 0.2) is 0 Å². The number of hydrogen-bond acceptors (Lipinski definition) is 2. The Morgan fingerprint density at radius 3 is 2.33 bits per heavy atom. The van der Waals surface area contributed by atoms with Crippen molar-refractivity contribution in [1.29, 1.82) is 0 Å². The Morgan fingerprint density at radius 2 is 2.22 bits per heavy atom. The largest absolute Gasteiger partial charge is 0.279 e. The quantitative estimate of drug-likeness (QED) is 0.536. The van der Waals surface area contributed by atoms with E-state index in [4.69, 9.17) is 11.6 Å². The lowest BCUT2D eigenvalue weighted by atomic mass is 10.3. The van der Waals surface area contributed by atoms with E-state index in [2.05, 4.69) is 15.9 Å². The van der Waals surface area contributed by atoms with E-state index in [1.165, 1.54) is 0 Å². The van der Waals surface area contributed by atoms with Gasteiger partial charge in [-0.2, -0.15) is 0 Å². The minimum Gasteiger partial charge on any atom is -0.268 e. The second-order valence-electron chi connectivity index (χ2n) is 2.25. The van der Waals surface area contributed by atoms with Crippen molar-refractivity contribution >= 4 is 43.9 Å². The Hall–Kier alpha value is 0.790. The number of hydrogen-bond donors (Lipinski definition) is 0. The Kier molecular flexibility index (Phi) is 4.17. The van der Waals surface area contributed by atoms with E-state index < -0.39 is 0 Å². The van der Waals surface area contributed by atoms with E-state index in [-0.39, 0.29) is 8.90 Å². The first-order chi connectivity index (χ1) is 3.92. The zero-order valence-corrected chi connectivity index (χ0v) is 8.44. The van der Waals surface area contributed by atoms with Crippen molar-refractivity contribution in [2.75, 3.05) is 5.75 Å². The molecular weight excluding hydrogens is 223 g/mol. The summed E-state index contributed by atoms with van der Waals surface area (Å²) < 4.78 is -0.343. The number of carbonyl (C=O) groups excluding carboxylic acids is 1. The molecule has 0 aliphatic heterocycles. The first-order valence-electron chi connectivity index (χ1n) is 2.43. The fourth-order valence-electron chi connectivity index (χ4n) is 0.228. The summed E-state index contributed by atoms with van der Waals surface area (Å²) in [5.41, 5.74) is 0. The third-order valence-electron chi connectivity index (χ3n) is 0.529. The number of thioether (sulfide) groups is 1. The maximum absolute atomic E-state index is 10.2. The van der Waals surface area contributed by atoms with Crippen molar-refractivity contribution in [1.82, 2.24) is 0 Å². The number of alkyl halides is 1. The van der Waals surface area contributed by atoms with Crippen LogP contribution in [0.4, 0.5) is 4.79 Å². The second kappa shape index (κ2) is 3.84. The molecule has 0 radical (unpaired) electrons. The van der Waals surface area contributed by atoms with Gasteiger partial charge in [0, 0.05) is 10.1 Å². The molecule has 0 N–H and O–H groups in total. The van der Waals surface area contributed by atoms with Crippen LogP contribution in [0.5, 0.6) is 0 Å². The number of carbonyl (C=O) groups is 1. The van der Waals surface area contributed by atoms with Crippen LogP contribution in [0, 0.1) is 0 Å². The lowest BCUT2D eigenvalue weighted by molar-refractivity contribution is 0.276. The van der Waals surface area contributed by atoms with Crippen LogP contribution >= 0.6 is 39.3 Å². The Morgan fingerprint density at radius 1 is 1.78 bits per heavy atom. The average Bonchev–Trinajstić information content (AvgIpc) is 1.59. The molecule has 4 heteroatoms. The van der Waals surface area contributed by atoms with Gasteiger partial charge >= 0.3 is 0 Å². The van der Waals surface area contributed by atoms with Crippen molar-refractivity contribution in [2.45, 2.75) is 18.2 Å². The van der Waals surface area contributed by atoms with Crippen LogP contribution < -0.4 is 0 Å². The highest BCUT2D eigenvalue weighted by atomic mass is 79.9. The first kappa shape index (κ1) is 9.79. The molecule has 0 aromatic rings. The fraction of sp³-hybridized carbons (Fsp3) is 0.800. The van der Waals surface area contributed by atoms with Gasteiger partial charge in [0.25, 0.3) is 4.57 Å². The molecule has 0 heterocycles. The van der Waals surface area contributed by atoms with Crippen LogP contribution in [0.2, 0.25) is 0 Å². The van der Waals surface area contributed by atoms with Crippen LogP contribution in [0.3, 0.4) is 0 Å². The predicted molar refractivity (Wildman–Crippen MR) is 46.7 cm³/mol. The smallest absolute Gasteiger partial charge is 0.268 e. The standard InChI is InChI=1S/C5H8BrClOS/c1-5(2,6)3-9-4(7)8/h3H2,1-2H3. The molecule has 0 aliphatic rings. The molecule has 0 fully saturated rings. The topological polar surface area (TPSA) is 17.1 Å². The zero-order valence-electron chi connectivity index (χ0n) is 5.28. The second-order valence-corrected chi connectivity index (χ2v) is 5.91.